The fourth-order valence-electron chi connectivity index (χ4n) is 5.59. The first kappa shape index (κ1) is 21.9. The quantitative estimate of drug-likeness (QED) is 0.637. The highest BCUT2D eigenvalue weighted by molar-refractivity contribution is 5.89. The van der Waals surface area contributed by atoms with Gasteiger partial charge in [-0.15, -0.1) is 0 Å². The molecule has 7 heteroatoms. The van der Waals surface area contributed by atoms with Gasteiger partial charge in [-0.1, -0.05) is 18.7 Å². The number of ether oxygens (including phenoxy) is 2. The van der Waals surface area contributed by atoms with E-state index in [1.807, 2.05) is 18.2 Å². The van der Waals surface area contributed by atoms with Crippen molar-refractivity contribution in [2.24, 2.45) is 5.92 Å². The molecular formula is C27H28F2N2O3. The van der Waals surface area contributed by atoms with E-state index in [-0.39, 0.29) is 17.7 Å². The molecule has 2 saturated heterocycles. The van der Waals surface area contributed by atoms with E-state index in [0.717, 1.165) is 42.3 Å². The normalized spacial score (nSPS) is 23.6. The van der Waals surface area contributed by atoms with Gasteiger partial charge in [0.05, 0.1) is 25.8 Å². The van der Waals surface area contributed by atoms with Gasteiger partial charge in [0, 0.05) is 49.3 Å². The second-order valence-corrected chi connectivity index (χ2v) is 9.95. The predicted molar refractivity (Wildman–Crippen MR) is 123 cm³/mol. The number of Topliss-reactive ketones (excluding diaryl/α,β-unsaturated/α-hetero) is 1. The summed E-state index contributed by atoms with van der Waals surface area (Å²) < 4.78 is 39.5. The zero-order chi connectivity index (χ0) is 23.4. The number of carbonyl (C=O) groups is 1. The van der Waals surface area contributed by atoms with Crippen LogP contribution in [0.4, 0.5) is 8.78 Å². The lowest BCUT2D eigenvalue weighted by Gasteiger charge is -2.30. The van der Waals surface area contributed by atoms with E-state index in [2.05, 4.69) is 16.4 Å². The highest BCUT2D eigenvalue weighted by Gasteiger charge is 2.53. The van der Waals surface area contributed by atoms with Gasteiger partial charge < -0.3 is 14.4 Å². The van der Waals surface area contributed by atoms with Crippen LogP contribution in [0.1, 0.15) is 30.4 Å². The molecule has 178 valence electrons. The number of hydrogen-bond acceptors (Lipinski definition) is 5. The topological polar surface area (TPSA) is 42.0 Å². The van der Waals surface area contributed by atoms with Gasteiger partial charge in [-0.3, -0.25) is 9.69 Å². The summed E-state index contributed by atoms with van der Waals surface area (Å²) in [5.41, 5.74) is 4.34. The molecule has 1 saturated carbocycles. The highest BCUT2D eigenvalue weighted by atomic mass is 19.1. The molecule has 1 spiro atoms. The van der Waals surface area contributed by atoms with Crippen LogP contribution >= 0.6 is 0 Å². The zero-order valence-corrected chi connectivity index (χ0v) is 19.1. The van der Waals surface area contributed by atoms with Crippen molar-refractivity contribution in [2.45, 2.75) is 44.2 Å². The molecule has 3 fully saturated rings. The molecule has 0 aromatic heterocycles. The van der Waals surface area contributed by atoms with Crippen molar-refractivity contribution in [1.29, 1.82) is 0 Å². The van der Waals surface area contributed by atoms with E-state index >= 15 is 0 Å². The van der Waals surface area contributed by atoms with Crippen LogP contribution < -0.4 is 0 Å². The number of likely N-dealkylation sites (tertiary alicyclic amines) is 1. The van der Waals surface area contributed by atoms with Gasteiger partial charge in [-0.2, -0.15) is 0 Å². The highest BCUT2D eigenvalue weighted by Crippen LogP contribution is 2.42. The molecule has 6 rings (SSSR count). The third-order valence-electron chi connectivity index (χ3n) is 7.46. The third-order valence-corrected chi connectivity index (χ3v) is 7.46. The van der Waals surface area contributed by atoms with E-state index in [0.29, 0.717) is 44.8 Å². The van der Waals surface area contributed by atoms with Crippen molar-refractivity contribution >= 4 is 5.78 Å². The van der Waals surface area contributed by atoms with Crippen LogP contribution in [-0.2, 0) is 27.4 Å². The summed E-state index contributed by atoms with van der Waals surface area (Å²) in [6.07, 6.45) is 2.51. The van der Waals surface area contributed by atoms with Crippen molar-refractivity contribution in [3.8, 4) is 11.1 Å². The van der Waals surface area contributed by atoms with E-state index < -0.39 is 17.4 Å². The van der Waals surface area contributed by atoms with Gasteiger partial charge in [0.15, 0.2) is 11.6 Å². The fraction of sp³-hybridized carbons (Fsp3) is 0.444. The first-order chi connectivity index (χ1) is 16.4. The molecule has 2 aromatic rings. The van der Waals surface area contributed by atoms with Crippen molar-refractivity contribution in [3.05, 3.63) is 71.4 Å². The third kappa shape index (κ3) is 3.96. The summed E-state index contributed by atoms with van der Waals surface area (Å²) in [4.78, 5) is 17.4. The van der Waals surface area contributed by atoms with Crippen LogP contribution in [0.2, 0.25) is 0 Å². The summed E-state index contributed by atoms with van der Waals surface area (Å²) in [6, 6.07) is 9.32. The number of nitrogens with zero attached hydrogens (tertiary/aromatic N) is 2. The monoisotopic (exact) mass is 466 g/mol. The predicted octanol–water partition coefficient (Wildman–Crippen LogP) is 4.26. The summed E-state index contributed by atoms with van der Waals surface area (Å²) in [5.74, 6) is -1.39. The minimum Gasteiger partial charge on any atom is -0.359 e. The SMILES string of the molecule is C=C(CN1Cc2ccc(-c3ccc(F)cc3F)cc2C1)N1CC2(C[C@H]1C(=O)C1CC1)OCCO2. The molecule has 0 radical (unpaired) electrons. The largest absolute Gasteiger partial charge is 0.359 e. The van der Waals surface area contributed by atoms with Gasteiger partial charge in [0.1, 0.15) is 11.6 Å². The van der Waals surface area contributed by atoms with Gasteiger partial charge >= 0.3 is 0 Å². The molecule has 5 nitrogen and oxygen atoms in total. The van der Waals surface area contributed by atoms with Crippen LogP contribution in [0.5, 0.6) is 0 Å². The molecule has 2 aromatic carbocycles. The average molecular weight is 467 g/mol. The Hall–Kier alpha value is -2.61. The lowest BCUT2D eigenvalue weighted by atomic mass is 10.0. The van der Waals surface area contributed by atoms with Crippen LogP contribution in [-0.4, -0.2) is 53.7 Å². The maximum Gasteiger partial charge on any atom is 0.188 e. The summed E-state index contributed by atoms with van der Waals surface area (Å²) >= 11 is 0. The Morgan fingerprint density at radius 3 is 2.56 bits per heavy atom. The number of carbonyl (C=O) groups excluding carboxylic acids is 1. The van der Waals surface area contributed by atoms with Crippen LogP contribution in [0.25, 0.3) is 11.1 Å². The Kier molecular flexibility index (Phi) is 5.32. The maximum atomic E-state index is 14.3. The zero-order valence-electron chi connectivity index (χ0n) is 19.1. The Balaban J connectivity index is 1.16. The number of hydrogen-bond donors (Lipinski definition) is 0. The van der Waals surface area contributed by atoms with Crippen molar-refractivity contribution in [3.63, 3.8) is 0 Å². The molecule has 0 unspecified atom stereocenters. The second-order valence-electron chi connectivity index (χ2n) is 9.95. The fourth-order valence-corrected chi connectivity index (χ4v) is 5.59. The van der Waals surface area contributed by atoms with Gasteiger partial charge in [-0.05, 0) is 47.7 Å². The van der Waals surface area contributed by atoms with Gasteiger partial charge in [-0.25, -0.2) is 8.78 Å². The Bertz CT molecular complexity index is 1160. The lowest BCUT2D eigenvalue weighted by molar-refractivity contribution is -0.146. The number of rotatable bonds is 6. The molecule has 1 atom stereocenters. The van der Waals surface area contributed by atoms with Gasteiger partial charge in [0.2, 0.25) is 0 Å². The Morgan fingerprint density at radius 1 is 1.06 bits per heavy atom. The molecule has 0 N–H and O–H groups in total. The molecule has 3 heterocycles. The minimum absolute atomic E-state index is 0.165. The number of benzene rings is 2. The van der Waals surface area contributed by atoms with Crippen molar-refractivity contribution in [2.75, 3.05) is 26.3 Å². The van der Waals surface area contributed by atoms with E-state index in [4.69, 9.17) is 9.47 Å². The summed E-state index contributed by atoms with van der Waals surface area (Å²) in [5, 5.41) is 0. The van der Waals surface area contributed by atoms with Crippen LogP contribution in [0, 0.1) is 17.6 Å². The Morgan fingerprint density at radius 2 is 1.82 bits per heavy atom. The Labute approximate surface area is 197 Å². The van der Waals surface area contributed by atoms with E-state index in [9.17, 15) is 13.6 Å². The standard InChI is InChI=1S/C27H28F2N2O3/c1-17(31-16-27(33-8-9-34-27)12-25(31)26(32)18-2-3-18)13-30-14-20-5-4-19(10-21(20)15-30)23-7-6-22(28)11-24(23)29/h4-7,10-11,18,25H,1-3,8-9,12-16H2/t25-/m0/s1. The first-order valence-corrected chi connectivity index (χ1v) is 12.0. The number of ketones is 1. The van der Waals surface area contributed by atoms with Crippen molar-refractivity contribution < 1.29 is 23.0 Å². The molecule has 0 amide bonds. The molecule has 3 aliphatic heterocycles. The average Bonchev–Trinajstić information content (AvgIpc) is 3.26. The molecule has 4 aliphatic rings. The smallest absolute Gasteiger partial charge is 0.188 e. The number of halogens is 2. The molecule has 34 heavy (non-hydrogen) atoms. The van der Waals surface area contributed by atoms with Gasteiger partial charge in [0.25, 0.3) is 0 Å². The summed E-state index contributed by atoms with van der Waals surface area (Å²) in [6.45, 7) is 8.09. The maximum absolute atomic E-state index is 14.3. The summed E-state index contributed by atoms with van der Waals surface area (Å²) in [7, 11) is 0. The first-order valence-electron chi connectivity index (χ1n) is 12.0. The van der Waals surface area contributed by atoms with E-state index in [1.54, 1.807) is 0 Å². The van der Waals surface area contributed by atoms with Crippen molar-refractivity contribution in [1.82, 2.24) is 9.80 Å². The van der Waals surface area contributed by atoms with E-state index in [1.165, 1.54) is 17.7 Å². The van der Waals surface area contributed by atoms with Crippen LogP contribution in [0.15, 0.2) is 48.7 Å². The second kappa shape index (κ2) is 8.26. The lowest BCUT2D eigenvalue weighted by Crippen LogP contribution is -2.39. The minimum atomic E-state index is -0.694. The number of fused-ring (bicyclic) bond motifs is 1. The molecule has 0 bridgehead atoms. The van der Waals surface area contributed by atoms with Crippen LogP contribution in [0.3, 0.4) is 0 Å². The molecular weight excluding hydrogens is 438 g/mol. The molecule has 1 aliphatic carbocycles.